The molecule has 0 atom stereocenters. The topological polar surface area (TPSA) is 127 Å². The molecule has 0 unspecified atom stereocenters. The molecule has 1 saturated heterocycles. The molecule has 0 aliphatic carbocycles. The van der Waals surface area contributed by atoms with E-state index in [4.69, 9.17) is 0 Å². The van der Waals surface area contributed by atoms with E-state index in [1.165, 1.54) is 28.8 Å². The molecule has 0 bridgehead atoms. The Hall–Kier alpha value is -3.70. The van der Waals surface area contributed by atoms with E-state index >= 15 is 0 Å². The third-order valence-corrected chi connectivity index (χ3v) is 7.50. The molecule has 3 aromatic rings. The Kier molecular flexibility index (Phi) is 6.16. The van der Waals surface area contributed by atoms with Crippen LogP contribution in [0.4, 0.5) is 5.69 Å². The molecule has 4 rings (SSSR count). The molecular weight excluding hydrogens is 446 g/mol. The van der Waals surface area contributed by atoms with Gasteiger partial charge in [0.1, 0.15) is 0 Å². The fraction of sp³-hybridized carbons (Fsp3) is 0.227. The Morgan fingerprint density at radius 3 is 2.24 bits per heavy atom. The summed E-state index contributed by atoms with van der Waals surface area (Å²) in [5, 5.41) is 11.1. The first-order chi connectivity index (χ1) is 15.8. The summed E-state index contributed by atoms with van der Waals surface area (Å²) in [5.74, 6) is 0.230. The van der Waals surface area contributed by atoms with Gasteiger partial charge in [0.2, 0.25) is 10.0 Å². The molecule has 0 radical (unpaired) electrons. The smallest absolute Gasteiger partial charge is 0.270 e. The predicted molar refractivity (Wildman–Crippen MR) is 120 cm³/mol. The summed E-state index contributed by atoms with van der Waals surface area (Å²) in [6, 6.07) is 13.2. The van der Waals surface area contributed by atoms with Crippen LogP contribution >= 0.6 is 0 Å². The van der Waals surface area contributed by atoms with E-state index in [2.05, 4.69) is 9.97 Å². The van der Waals surface area contributed by atoms with Crippen molar-refractivity contribution in [3.8, 4) is 11.4 Å². The van der Waals surface area contributed by atoms with Gasteiger partial charge in [-0.3, -0.25) is 14.9 Å². The second kappa shape index (κ2) is 9.04. The molecule has 0 spiro atoms. The first-order valence-electron chi connectivity index (χ1n) is 10.2. The summed E-state index contributed by atoms with van der Waals surface area (Å²) in [4.78, 5) is 33.3. The van der Waals surface area contributed by atoms with Gasteiger partial charge in [0.25, 0.3) is 11.6 Å². The number of carbonyl (C=O) groups is 1. The van der Waals surface area contributed by atoms with Gasteiger partial charge < -0.3 is 4.90 Å². The number of non-ortho nitro benzene ring substituents is 1. The summed E-state index contributed by atoms with van der Waals surface area (Å²) < 4.78 is 27.4. The number of piperazine rings is 1. The maximum Gasteiger partial charge on any atom is 0.270 e. The van der Waals surface area contributed by atoms with E-state index < -0.39 is 14.9 Å². The van der Waals surface area contributed by atoms with Crippen LogP contribution in [0.1, 0.15) is 15.9 Å². The van der Waals surface area contributed by atoms with Crippen LogP contribution in [0.5, 0.6) is 0 Å². The summed E-state index contributed by atoms with van der Waals surface area (Å²) in [7, 11) is -3.93. The average molecular weight is 468 g/mol. The molecule has 1 aliphatic heterocycles. The van der Waals surface area contributed by atoms with Crippen LogP contribution in [0.3, 0.4) is 0 Å². The van der Waals surface area contributed by atoms with E-state index in [0.29, 0.717) is 17.0 Å². The Morgan fingerprint density at radius 2 is 1.64 bits per heavy atom. The van der Waals surface area contributed by atoms with Crippen LogP contribution in [0.2, 0.25) is 0 Å². The molecule has 2 aromatic carbocycles. The fourth-order valence-electron chi connectivity index (χ4n) is 3.61. The van der Waals surface area contributed by atoms with Crippen molar-refractivity contribution in [1.82, 2.24) is 19.2 Å². The SMILES string of the molecule is Cc1ccc([N+](=O)[O-])cc1S(=O)(=O)N1CCN(C(=O)c2cnc(-c3ccccc3)nc2)CC1. The molecular formula is C22H21N5O5S. The molecule has 1 fully saturated rings. The molecule has 1 aromatic heterocycles. The summed E-state index contributed by atoms with van der Waals surface area (Å²) in [6.45, 7) is 2.13. The van der Waals surface area contributed by atoms with Crippen LogP contribution in [0, 0.1) is 17.0 Å². The van der Waals surface area contributed by atoms with Crippen molar-refractivity contribution < 1.29 is 18.1 Å². The number of nitrogens with zero attached hydrogens (tertiary/aromatic N) is 5. The number of benzene rings is 2. The van der Waals surface area contributed by atoms with E-state index in [1.807, 2.05) is 30.3 Å². The molecule has 33 heavy (non-hydrogen) atoms. The maximum atomic E-state index is 13.1. The lowest BCUT2D eigenvalue weighted by molar-refractivity contribution is -0.385. The quantitative estimate of drug-likeness (QED) is 0.417. The van der Waals surface area contributed by atoms with E-state index in [1.54, 1.807) is 11.8 Å². The maximum absolute atomic E-state index is 13.1. The van der Waals surface area contributed by atoms with Crippen molar-refractivity contribution >= 4 is 21.6 Å². The van der Waals surface area contributed by atoms with Crippen LogP contribution in [0.15, 0.2) is 65.8 Å². The van der Waals surface area contributed by atoms with Gasteiger partial charge in [0.05, 0.1) is 15.4 Å². The number of sulfonamides is 1. The number of carbonyl (C=O) groups excluding carboxylic acids is 1. The van der Waals surface area contributed by atoms with Crippen LogP contribution in [-0.2, 0) is 10.0 Å². The minimum Gasteiger partial charge on any atom is -0.336 e. The average Bonchev–Trinajstić information content (AvgIpc) is 2.84. The normalized spacial score (nSPS) is 14.8. The van der Waals surface area contributed by atoms with Gasteiger partial charge in [-0.15, -0.1) is 0 Å². The zero-order valence-electron chi connectivity index (χ0n) is 17.8. The van der Waals surface area contributed by atoms with Crippen LogP contribution < -0.4 is 0 Å². The Labute approximate surface area is 190 Å². The largest absolute Gasteiger partial charge is 0.336 e. The number of rotatable bonds is 5. The number of aryl methyl sites for hydroxylation is 1. The molecule has 2 heterocycles. The minimum atomic E-state index is -3.93. The van der Waals surface area contributed by atoms with E-state index in [9.17, 15) is 23.3 Å². The van der Waals surface area contributed by atoms with Gasteiger partial charge in [0, 0.05) is 56.3 Å². The van der Waals surface area contributed by atoms with Gasteiger partial charge in [-0.25, -0.2) is 18.4 Å². The monoisotopic (exact) mass is 467 g/mol. The second-order valence-electron chi connectivity index (χ2n) is 7.56. The van der Waals surface area contributed by atoms with Crippen LogP contribution in [-0.4, -0.2) is 64.6 Å². The summed E-state index contributed by atoms with van der Waals surface area (Å²) in [6.07, 6.45) is 2.93. The third-order valence-electron chi connectivity index (χ3n) is 5.46. The first kappa shape index (κ1) is 22.5. The zero-order valence-corrected chi connectivity index (χ0v) is 18.6. The highest BCUT2D eigenvalue weighted by molar-refractivity contribution is 7.89. The third kappa shape index (κ3) is 4.59. The van der Waals surface area contributed by atoms with Gasteiger partial charge in [-0.05, 0) is 12.5 Å². The summed E-state index contributed by atoms with van der Waals surface area (Å²) in [5.41, 5.74) is 1.30. The molecule has 1 amide bonds. The number of hydrogen-bond acceptors (Lipinski definition) is 7. The van der Waals surface area contributed by atoms with Gasteiger partial charge in [-0.2, -0.15) is 4.31 Å². The van der Waals surface area contributed by atoms with Crippen molar-refractivity contribution in [2.45, 2.75) is 11.8 Å². The van der Waals surface area contributed by atoms with Gasteiger partial charge >= 0.3 is 0 Å². The molecule has 0 saturated carbocycles. The van der Waals surface area contributed by atoms with E-state index in [0.717, 1.165) is 11.6 Å². The number of nitro benzene ring substituents is 1. The molecule has 1 aliphatic rings. The number of hydrogen-bond donors (Lipinski definition) is 0. The zero-order chi connectivity index (χ0) is 23.6. The van der Waals surface area contributed by atoms with E-state index in [-0.39, 0.29) is 42.7 Å². The Balaban J connectivity index is 1.45. The number of nitro groups is 1. The summed E-state index contributed by atoms with van der Waals surface area (Å²) >= 11 is 0. The lowest BCUT2D eigenvalue weighted by Crippen LogP contribution is -2.50. The van der Waals surface area contributed by atoms with Crippen molar-refractivity contribution in [1.29, 1.82) is 0 Å². The number of aromatic nitrogens is 2. The second-order valence-corrected chi connectivity index (χ2v) is 9.47. The predicted octanol–water partition coefficient (Wildman–Crippen LogP) is 2.51. The Bertz CT molecular complexity index is 1290. The Morgan fingerprint density at radius 1 is 1.00 bits per heavy atom. The lowest BCUT2D eigenvalue weighted by Gasteiger charge is -2.34. The lowest BCUT2D eigenvalue weighted by atomic mass is 10.2. The van der Waals surface area contributed by atoms with Crippen LogP contribution in [0.25, 0.3) is 11.4 Å². The van der Waals surface area contributed by atoms with Gasteiger partial charge in [-0.1, -0.05) is 36.4 Å². The number of amides is 1. The fourth-order valence-corrected chi connectivity index (χ4v) is 5.28. The highest BCUT2D eigenvalue weighted by Crippen LogP contribution is 2.26. The van der Waals surface area contributed by atoms with Crippen molar-refractivity contribution in [2.75, 3.05) is 26.2 Å². The van der Waals surface area contributed by atoms with Crippen molar-refractivity contribution in [2.24, 2.45) is 0 Å². The molecule has 11 heteroatoms. The highest BCUT2D eigenvalue weighted by atomic mass is 32.2. The van der Waals surface area contributed by atoms with Crippen molar-refractivity contribution in [3.63, 3.8) is 0 Å². The molecule has 10 nitrogen and oxygen atoms in total. The molecule has 170 valence electrons. The van der Waals surface area contributed by atoms with Gasteiger partial charge in [0.15, 0.2) is 5.82 Å². The standard InChI is InChI=1S/C22H21N5O5S/c1-16-7-8-19(27(29)30)13-20(16)33(31,32)26-11-9-25(10-12-26)22(28)18-14-23-21(24-15-18)17-5-3-2-4-6-17/h2-8,13-15H,9-12H2,1H3. The highest BCUT2D eigenvalue weighted by Gasteiger charge is 2.32. The first-order valence-corrected chi connectivity index (χ1v) is 11.6. The molecule has 0 N–H and O–H groups in total. The minimum absolute atomic E-state index is 0.0825. The van der Waals surface area contributed by atoms with Crippen molar-refractivity contribution in [3.05, 3.63) is 82.2 Å².